The van der Waals surface area contributed by atoms with Crippen LogP contribution in [0.5, 0.6) is 0 Å². The highest BCUT2D eigenvalue weighted by atomic mass is 14.4. The van der Waals surface area contributed by atoms with Crippen LogP contribution in [0.25, 0.3) is 0 Å². The normalized spacial score (nSPS) is 13.2. The van der Waals surface area contributed by atoms with Crippen LogP contribution in [0.2, 0.25) is 0 Å². The number of unbranched alkanes of at least 4 members (excludes halogenated alkanes) is 1. The molecule has 0 saturated carbocycles. The van der Waals surface area contributed by atoms with Gasteiger partial charge in [-0.1, -0.05) is 93.4 Å². The average molecular weight is 302 g/mol. The van der Waals surface area contributed by atoms with E-state index in [1.54, 1.807) is 11.5 Å². The van der Waals surface area contributed by atoms with E-state index >= 15 is 0 Å². The van der Waals surface area contributed by atoms with Gasteiger partial charge in [0.05, 0.1) is 0 Å². The van der Waals surface area contributed by atoms with Gasteiger partial charge in [0.1, 0.15) is 0 Å². The molecule has 0 unspecified atom stereocenters. The van der Waals surface area contributed by atoms with Crippen molar-refractivity contribution in [2.45, 2.75) is 92.9 Å². The van der Waals surface area contributed by atoms with Crippen molar-refractivity contribution in [3.8, 4) is 0 Å². The lowest BCUT2D eigenvalue weighted by Gasteiger charge is -2.37. The molecule has 0 aliphatic carbocycles. The third-order valence-electron chi connectivity index (χ3n) is 4.48. The highest BCUT2D eigenvalue weighted by Gasteiger charge is 2.32. The van der Waals surface area contributed by atoms with E-state index in [4.69, 9.17) is 0 Å². The first-order valence-electron chi connectivity index (χ1n) is 9.00. The molecule has 1 aromatic rings. The zero-order valence-corrected chi connectivity index (χ0v) is 16.4. The first-order chi connectivity index (χ1) is 10.00. The molecule has 0 heteroatoms. The Hall–Kier alpha value is -0.780. The Balaban J connectivity index is 3.52. The summed E-state index contributed by atoms with van der Waals surface area (Å²) in [7, 11) is 0. The molecule has 0 saturated heterocycles. The predicted octanol–water partition coefficient (Wildman–Crippen LogP) is 7.27. The Morgan fingerprint density at radius 3 is 2.00 bits per heavy atom. The van der Waals surface area contributed by atoms with Gasteiger partial charge in [0, 0.05) is 5.92 Å². The van der Waals surface area contributed by atoms with Crippen molar-refractivity contribution in [3.63, 3.8) is 0 Å². The first-order valence-corrected chi connectivity index (χ1v) is 9.00. The van der Waals surface area contributed by atoms with Gasteiger partial charge >= 0.3 is 0 Å². The molecule has 0 heterocycles. The summed E-state index contributed by atoms with van der Waals surface area (Å²) < 4.78 is 0. The molecular weight excluding hydrogens is 264 g/mol. The van der Waals surface area contributed by atoms with Gasteiger partial charge in [-0.25, -0.2) is 0 Å². The van der Waals surface area contributed by atoms with Crippen molar-refractivity contribution >= 4 is 0 Å². The molecule has 0 bridgehead atoms. The van der Waals surface area contributed by atoms with Crippen LogP contribution in [0.15, 0.2) is 18.2 Å². The number of benzene rings is 1. The largest absolute Gasteiger partial charge is 0.0654 e. The van der Waals surface area contributed by atoms with Gasteiger partial charge in [-0.05, 0) is 39.9 Å². The van der Waals surface area contributed by atoms with Gasteiger partial charge in [0.25, 0.3) is 0 Å². The number of hydrogen-bond donors (Lipinski definition) is 0. The van der Waals surface area contributed by atoms with Crippen molar-refractivity contribution in [1.82, 2.24) is 0 Å². The summed E-state index contributed by atoms with van der Waals surface area (Å²) in [6, 6.07) is 6.95. The van der Waals surface area contributed by atoms with Gasteiger partial charge in [0.2, 0.25) is 0 Å². The lowest BCUT2D eigenvalue weighted by Crippen LogP contribution is -2.26. The fraction of sp³-hybridized carbons (Fsp3) is 0.682. The third kappa shape index (κ3) is 4.61. The lowest BCUT2D eigenvalue weighted by molar-refractivity contribution is 0.413. The smallest absolute Gasteiger partial charge is 0.0106 e. The summed E-state index contributed by atoms with van der Waals surface area (Å²) in [5, 5.41) is 0. The van der Waals surface area contributed by atoms with E-state index in [2.05, 4.69) is 80.5 Å². The van der Waals surface area contributed by atoms with Crippen LogP contribution in [0, 0.1) is 11.3 Å². The average Bonchev–Trinajstić information content (AvgIpc) is 2.36. The molecule has 1 aromatic carbocycles. The van der Waals surface area contributed by atoms with E-state index in [1.165, 1.54) is 30.4 Å². The van der Waals surface area contributed by atoms with Gasteiger partial charge in [-0.15, -0.1) is 0 Å². The summed E-state index contributed by atoms with van der Waals surface area (Å²) in [6.07, 6.45) is 3.75. The molecule has 125 valence electrons. The van der Waals surface area contributed by atoms with Crippen LogP contribution in [-0.4, -0.2) is 0 Å². The summed E-state index contributed by atoms with van der Waals surface area (Å²) in [6.45, 7) is 21.1. The van der Waals surface area contributed by atoms with Crippen molar-refractivity contribution in [1.29, 1.82) is 0 Å². The molecular formula is C22H37. The van der Waals surface area contributed by atoms with Crippen LogP contribution in [0.4, 0.5) is 0 Å². The van der Waals surface area contributed by atoms with E-state index in [1.807, 2.05) is 0 Å². The van der Waals surface area contributed by atoms with Gasteiger partial charge in [0.15, 0.2) is 0 Å². The maximum absolute atomic E-state index is 2.37. The molecule has 0 N–H and O–H groups in total. The quantitative estimate of drug-likeness (QED) is 0.536. The minimum absolute atomic E-state index is 0.179. The van der Waals surface area contributed by atoms with E-state index in [-0.39, 0.29) is 10.8 Å². The Kier molecular flexibility index (Phi) is 6.30. The standard InChI is InChI=1S/C22H37/c1-10-11-15-19(21(4,5)6)18-14-12-13-17(16(2)3)20(18)22(7,8)9/h12-14,16H,10-11,15H2,1-9H3. The van der Waals surface area contributed by atoms with E-state index in [0.717, 1.165) is 0 Å². The molecule has 0 aromatic heterocycles. The summed E-state index contributed by atoms with van der Waals surface area (Å²) in [5.41, 5.74) is 5.00. The van der Waals surface area contributed by atoms with Gasteiger partial charge in [-0.3, -0.25) is 0 Å². The molecule has 0 aliphatic heterocycles. The molecule has 0 amide bonds. The summed E-state index contributed by atoms with van der Waals surface area (Å²) in [4.78, 5) is 0. The monoisotopic (exact) mass is 301 g/mol. The predicted molar refractivity (Wildman–Crippen MR) is 101 cm³/mol. The first kappa shape index (κ1) is 19.3. The lowest BCUT2D eigenvalue weighted by atomic mass is 9.67. The maximum atomic E-state index is 2.37. The van der Waals surface area contributed by atoms with Crippen molar-refractivity contribution in [3.05, 3.63) is 40.8 Å². The van der Waals surface area contributed by atoms with Crippen LogP contribution in [0.3, 0.4) is 0 Å². The van der Waals surface area contributed by atoms with Crippen LogP contribution < -0.4 is 0 Å². The Morgan fingerprint density at radius 1 is 1.00 bits per heavy atom. The van der Waals surface area contributed by atoms with Crippen LogP contribution in [0.1, 0.15) is 104 Å². The molecule has 22 heavy (non-hydrogen) atoms. The Labute approximate surface area is 139 Å². The van der Waals surface area contributed by atoms with Crippen molar-refractivity contribution in [2.75, 3.05) is 0 Å². The SMILES string of the molecule is CCCC[C](c1cccc(C(C)C)c1C(C)(C)C)C(C)(C)C. The minimum Gasteiger partial charge on any atom is -0.0654 e. The molecule has 1 rings (SSSR count). The summed E-state index contributed by atoms with van der Waals surface area (Å²) >= 11 is 0. The van der Waals surface area contributed by atoms with E-state index < -0.39 is 0 Å². The van der Waals surface area contributed by atoms with Crippen LogP contribution >= 0.6 is 0 Å². The number of hydrogen-bond acceptors (Lipinski definition) is 0. The summed E-state index contributed by atoms with van der Waals surface area (Å²) in [5.74, 6) is 2.20. The maximum Gasteiger partial charge on any atom is 0.0106 e. The highest BCUT2D eigenvalue weighted by molar-refractivity contribution is 5.49. The molecule has 0 fully saturated rings. The van der Waals surface area contributed by atoms with Gasteiger partial charge in [-0.2, -0.15) is 0 Å². The topological polar surface area (TPSA) is 0 Å². The van der Waals surface area contributed by atoms with Crippen molar-refractivity contribution < 1.29 is 0 Å². The second-order valence-electron chi connectivity index (χ2n) is 9.01. The molecule has 0 atom stereocenters. The fourth-order valence-electron chi connectivity index (χ4n) is 3.41. The van der Waals surface area contributed by atoms with E-state index in [9.17, 15) is 0 Å². The molecule has 0 spiro atoms. The minimum atomic E-state index is 0.179. The second-order valence-corrected chi connectivity index (χ2v) is 9.01. The molecule has 0 nitrogen and oxygen atoms in total. The highest BCUT2D eigenvalue weighted by Crippen LogP contribution is 2.44. The van der Waals surface area contributed by atoms with E-state index in [0.29, 0.717) is 5.92 Å². The Morgan fingerprint density at radius 2 is 1.59 bits per heavy atom. The molecule has 0 aliphatic rings. The van der Waals surface area contributed by atoms with Crippen LogP contribution in [-0.2, 0) is 5.41 Å². The van der Waals surface area contributed by atoms with Gasteiger partial charge < -0.3 is 0 Å². The zero-order valence-electron chi connectivity index (χ0n) is 16.4. The molecule has 1 radical (unpaired) electrons. The Bertz CT molecular complexity index is 466. The third-order valence-corrected chi connectivity index (χ3v) is 4.48. The second kappa shape index (κ2) is 7.20. The zero-order chi connectivity index (χ0) is 17.1. The van der Waals surface area contributed by atoms with Crippen molar-refractivity contribution in [2.24, 2.45) is 5.41 Å². The fourth-order valence-corrected chi connectivity index (χ4v) is 3.41. The number of rotatable bonds is 5.